The van der Waals surface area contributed by atoms with E-state index in [1.54, 1.807) is 12.1 Å². The fourth-order valence-electron chi connectivity index (χ4n) is 0.496. The van der Waals surface area contributed by atoms with Gasteiger partial charge in [-0.1, -0.05) is 10.7 Å². The van der Waals surface area contributed by atoms with Crippen LogP contribution in [-0.2, 0) is 4.84 Å². The Hall–Kier alpha value is -1.01. The third kappa shape index (κ3) is 1.44. The molecule has 0 aliphatic carbocycles. The van der Waals surface area contributed by atoms with Crippen LogP contribution in [0.1, 0.15) is 0 Å². The molecule has 0 saturated carbocycles. The summed E-state index contributed by atoms with van der Waals surface area (Å²) in [6.07, 6.45) is 0. The van der Waals surface area contributed by atoms with Crippen molar-refractivity contribution in [2.45, 2.75) is 0 Å². The molecule has 1 aliphatic heterocycles. The molecule has 0 aromatic heterocycles. The van der Waals surface area contributed by atoms with Crippen molar-refractivity contribution in [3.8, 4) is 0 Å². The SMILES string of the molecule is CN1C/C(=N\N=O)ON1. The highest BCUT2D eigenvalue weighted by Crippen LogP contribution is 1.92. The van der Waals surface area contributed by atoms with E-state index in [1.807, 2.05) is 0 Å². The first-order valence-electron chi connectivity index (χ1n) is 2.36. The van der Waals surface area contributed by atoms with Crippen LogP contribution >= 0.6 is 0 Å². The quantitative estimate of drug-likeness (QED) is 0.382. The van der Waals surface area contributed by atoms with Gasteiger partial charge in [-0.2, -0.15) is 0 Å². The topological polar surface area (TPSA) is 66.3 Å². The van der Waals surface area contributed by atoms with Gasteiger partial charge in [0.2, 0.25) is 0 Å². The molecule has 0 unspecified atom stereocenters. The van der Waals surface area contributed by atoms with Crippen molar-refractivity contribution in [2.24, 2.45) is 10.4 Å². The maximum absolute atomic E-state index is 9.50. The molecule has 1 N–H and O–H groups in total. The van der Waals surface area contributed by atoms with Crippen molar-refractivity contribution in [1.82, 2.24) is 10.6 Å². The second-order valence-electron chi connectivity index (χ2n) is 1.62. The first-order chi connectivity index (χ1) is 4.33. The minimum atomic E-state index is 0.285. The summed E-state index contributed by atoms with van der Waals surface area (Å²) in [6, 6.07) is 0. The van der Waals surface area contributed by atoms with Crippen LogP contribution in [0.2, 0.25) is 0 Å². The van der Waals surface area contributed by atoms with Gasteiger partial charge >= 0.3 is 0 Å². The van der Waals surface area contributed by atoms with Gasteiger partial charge < -0.3 is 4.84 Å². The van der Waals surface area contributed by atoms with Gasteiger partial charge in [-0.3, -0.25) is 0 Å². The molecule has 0 amide bonds. The average Bonchev–Trinajstić information content (AvgIpc) is 2.17. The minimum Gasteiger partial charge on any atom is -0.375 e. The number of hydrogen-bond donors (Lipinski definition) is 1. The first-order valence-corrected chi connectivity index (χ1v) is 2.36. The molecule has 0 aromatic carbocycles. The Morgan fingerprint density at radius 1 is 1.89 bits per heavy atom. The van der Waals surface area contributed by atoms with Gasteiger partial charge in [0.1, 0.15) is 0 Å². The molecule has 1 heterocycles. The second-order valence-corrected chi connectivity index (χ2v) is 1.62. The molecule has 0 spiro atoms. The number of nitrogens with one attached hydrogen (secondary N) is 1. The summed E-state index contributed by atoms with van der Waals surface area (Å²) in [6.45, 7) is 0.464. The smallest absolute Gasteiger partial charge is 0.254 e. The van der Waals surface area contributed by atoms with E-state index < -0.39 is 0 Å². The van der Waals surface area contributed by atoms with E-state index in [0.29, 0.717) is 6.54 Å². The van der Waals surface area contributed by atoms with Gasteiger partial charge in [0.15, 0.2) is 0 Å². The zero-order valence-electron chi connectivity index (χ0n) is 4.87. The lowest BCUT2D eigenvalue weighted by Gasteiger charge is -1.98. The van der Waals surface area contributed by atoms with Crippen LogP contribution in [-0.4, -0.2) is 24.5 Å². The number of hydrogen-bond acceptors (Lipinski definition) is 5. The lowest BCUT2D eigenvalue weighted by molar-refractivity contribution is 0.0763. The first kappa shape index (κ1) is 6.12. The zero-order valence-corrected chi connectivity index (χ0v) is 4.87. The van der Waals surface area contributed by atoms with Crippen LogP contribution in [0.5, 0.6) is 0 Å². The Morgan fingerprint density at radius 3 is 3.11 bits per heavy atom. The summed E-state index contributed by atoms with van der Waals surface area (Å²) >= 11 is 0. The van der Waals surface area contributed by atoms with E-state index in [9.17, 15) is 4.91 Å². The van der Waals surface area contributed by atoms with Gasteiger partial charge in [0.05, 0.1) is 11.8 Å². The van der Waals surface area contributed by atoms with E-state index in [2.05, 4.69) is 20.8 Å². The number of nitroso groups, excluding NO2 is 1. The van der Waals surface area contributed by atoms with Gasteiger partial charge in [0, 0.05) is 7.05 Å². The standard InChI is InChI=1S/C3H6N4O2/c1-7-2-3(4-5-8)9-6-7/h6H,2H2,1H3/b4-3+. The molecular formula is C3H6N4O2. The van der Waals surface area contributed by atoms with Crippen LogP contribution in [0.15, 0.2) is 10.4 Å². The Morgan fingerprint density at radius 2 is 2.67 bits per heavy atom. The van der Waals surface area contributed by atoms with Gasteiger partial charge in [-0.05, 0) is 0 Å². The maximum atomic E-state index is 9.50. The Labute approximate surface area is 51.4 Å². The van der Waals surface area contributed by atoms with Gasteiger partial charge in [-0.25, -0.2) is 5.01 Å². The van der Waals surface area contributed by atoms with Crippen molar-refractivity contribution in [1.29, 1.82) is 0 Å². The van der Waals surface area contributed by atoms with Crippen LogP contribution in [0, 0.1) is 4.91 Å². The van der Waals surface area contributed by atoms with Crippen molar-refractivity contribution >= 4 is 5.90 Å². The Kier molecular flexibility index (Phi) is 1.71. The molecule has 6 heteroatoms. The number of nitrogens with zero attached hydrogens (tertiary/aromatic N) is 3. The van der Waals surface area contributed by atoms with Crippen molar-refractivity contribution in [3.63, 3.8) is 0 Å². The normalized spacial score (nSPS) is 24.3. The number of rotatable bonds is 1. The Bertz CT molecular complexity index is 145. The third-order valence-corrected chi connectivity index (χ3v) is 0.844. The summed E-state index contributed by atoms with van der Waals surface area (Å²) in [5.74, 6) is 0.285. The highest BCUT2D eigenvalue weighted by molar-refractivity contribution is 5.78. The van der Waals surface area contributed by atoms with E-state index in [0.717, 1.165) is 0 Å². The van der Waals surface area contributed by atoms with Crippen molar-refractivity contribution in [3.05, 3.63) is 4.91 Å². The summed E-state index contributed by atoms with van der Waals surface area (Å²) < 4.78 is 0. The molecule has 1 saturated heterocycles. The molecule has 0 aromatic rings. The summed E-state index contributed by atoms with van der Waals surface area (Å²) in [7, 11) is 1.76. The van der Waals surface area contributed by atoms with Gasteiger partial charge in [-0.15, -0.1) is 4.91 Å². The molecule has 1 rings (SSSR count). The van der Waals surface area contributed by atoms with Crippen molar-refractivity contribution in [2.75, 3.05) is 13.6 Å². The van der Waals surface area contributed by atoms with Crippen LogP contribution < -0.4 is 5.59 Å². The minimum absolute atomic E-state index is 0.285. The fourth-order valence-corrected chi connectivity index (χ4v) is 0.496. The predicted octanol–water partition coefficient (Wildman–Crippen LogP) is -0.552. The molecule has 50 valence electrons. The van der Waals surface area contributed by atoms with E-state index in [-0.39, 0.29) is 5.90 Å². The van der Waals surface area contributed by atoms with Crippen molar-refractivity contribution < 1.29 is 4.84 Å². The molecule has 9 heavy (non-hydrogen) atoms. The largest absolute Gasteiger partial charge is 0.375 e. The maximum Gasteiger partial charge on any atom is 0.254 e. The summed E-state index contributed by atoms with van der Waals surface area (Å²) in [5, 5.41) is 7.06. The van der Waals surface area contributed by atoms with Crippen LogP contribution in [0.3, 0.4) is 0 Å². The molecule has 6 nitrogen and oxygen atoms in total. The lowest BCUT2D eigenvalue weighted by Crippen LogP contribution is -2.24. The zero-order chi connectivity index (χ0) is 6.69. The molecule has 0 atom stereocenters. The Balaban J connectivity index is 2.47. The highest BCUT2D eigenvalue weighted by atomic mass is 16.7. The summed E-state index contributed by atoms with van der Waals surface area (Å²) in [5.41, 5.74) is 2.46. The van der Waals surface area contributed by atoms with E-state index in [4.69, 9.17) is 0 Å². The molecule has 0 radical (unpaired) electrons. The van der Waals surface area contributed by atoms with Gasteiger partial charge in [0.25, 0.3) is 5.90 Å². The summed E-state index contributed by atoms with van der Waals surface area (Å²) in [4.78, 5) is 14.1. The van der Waals surface area contributed by atoms with E-state index >= 15 is 0 Å². The molecular weight excluding hydrogens is 124 g/mol. The molecule has 1 fully saturated rings. The molecule has 0 bridgehead atoms. The monoisotopic (exact) mass is 130 g/mol. The second kappa shape index (κ2) is 2.51. The van der Waals surface area contributed by atoms with Crippen LogP contribution in [0.25, 0.3) is 0 Å². The number of hydrazine groups is 1. The lowest BCUT2D eigenvalue weighted by atomic mass is 10.6. The molecule has 1 aliphatic rings. The van der Waals surface area contributed by atoms with E-state index in [1.165, 1.54) is 0 Å². The fraction of sp³-hybridized carbons (Fsp3) is 0.667. The third-order valence-electron chi connectivity index (χ3n) is 0.844. The highest BCUT2D eigenvalue weighted by Gasteiger charge is 2.14. The average molecular weight is 130 g/mol. The number of likely N-dealkylation sites (N-methyl/N-ethyl adjacent to an activating group) is 1. The predicted molar refractivity (Wildman–Crippen MR) is 30.1 cm³/mol. The van der Waals surface area contributed by atoms with Crippen LogP contribution in [0.4, 0.5) is 0 Å².